The second kappa shape index (κ2) is 8.29. The van der Waals surface area contributed by atoms with Crippen molar-refractivity contribution in [2.75, 3.05) is 6.61 Å². The number of rotatable bonds is 6. The number of carbonyl (C=O) groups excluding carboxylic acids is 1. The van der Waals surface area contributed by atoms with E-state index in [4.69, 9.17) is 16.3 Å². The summed E-state index contributed by atoms with van der Waals surface area (Å²) in [7, 11) is 0. The average Bonchev–Trinajstić information content (AvgIpc) is 2.53. The standard InChI is InChI=1S/C17H17ClN2O2/c1-2-22-16(21)11-9-14-12-19-15(20-17(14)18)10-8-13-6-4-3-5-7-13/h3-8,10,12H,2,9,11H2,1H3. The van der Waals surface area contributed by atoms with Gasteiger partial charge >= 0.3 is 5.97 Å². The molecule has 1 aromatic heterocycles. The Morgan fingerprint density at radius 3 is 2.73 bits per heavy atom. The third-order valence-corrected chi connectivity index (χ3v) is 3.29. The Hall–Kier alpha value is -2.20. The third kappa shape index (κ3) is 4.97. The molecule has 5 heteroatoms. The minimum Gasteiger partial charge on any atom is -0.466 e. The van der Waals surface area contributed by atoms with E-state index in [0.29, 0.717) is 24.0 Å². The SMILES string of the molecule is CCOC(=O)CCc1cnc(C=Cc2ccccc2)nc1Cl. The predicted molar refractivity (Wildman–Crippen MR) is 87.4 cm³/mol. The molecule has 0 unspecified atom stereocenters. The van der Waals surface area contributed by atoms with Crippen LogP contribution in [0.2, 0.25) is 5.15 Å². The lowest BCUT2D eigenvalue weighted by Gasteiger charge is -2.04. The van der Waals surface area contributed by atoms with Crippen LogP contribution in [0.25, 0.3) is 12.2 Å². The molecule has 0 N–H and O–H groups in total. The fourth-order valence-corrected chi connectivity index (χ4v) is 2.08. The number of aromatic nitrogens is 2. The van der Waals surface area contributed by atoms with Crippen LogP contribution in [0, 0.1) is 0 Å². The van der Waals surface area contributed by atoms with Crippen LogP contribution >= 0.6 is 11.6 Å². The summed E-state index contributed by atoms with van der Waals surface area (Å²) >= 11 is 6.13. The minimum atomic E-state index is -0.244. The van der Waals surface area contributed by atoms with E-state index in [1.54, 1.807) is 19.2 Å². The van der Waals surface area contributed by atoms with Crippen LogP contribution in [0.3, 0.4) is 0 Å². The van der Waals surface area contributed by atoms with Gasteiger partial charge in [-0.25, -0.2) is 9.97 Å². The van der Waals surface area contributed by atoms with Crippen molar-refractivity contribution in [2.45, 2.75) is 19.8 Å². The van der Waals surface area contributed by atoms with Crippen LogP contribution in [0.1, 0.15) is 30.3 Å². The van der Waals surface area contributed by atoms with Gasteiger partial charge in [-0.15, -0.1) is 0 Å². The van der Waals surface area contributed by atoms with Crippen molar-refractivity contribution in [1.82, 2.24) is 9.97 Å². The van der Waals surface area contributed by atoms with Gasteiger partial charge in [0.15, 0.2) is 5.82 Å². The first-order chi connectivity index (χ1) is 10.7. The summed E-state index contributed by atoms with van der Waals surface area (Å²) in [6.07, 6.45) is 6.12. The lowest BCUT2D eigenvalue weighted by atomic mass is 10.2. The maximum atomic E-state index is 11.3. The van der Waals surface area contributed by atoms with E-state index in [2.05, 4.69) is 9.97 Å². The summed E-state index contributed by atoms with van der Waals surface area (Å²) in [5.74, 6) is 0.292. The molecule has 4 nitrogen and oxygen atoms in total. The van der Waals surface area contributed by atoms with Crippen LogP contribution in [-0.4, -0.2) is 22.5 Å². The van der Waals surface area contributed by atoms with Gasteiger partial charge in [0.05, 0.1) is 6.61 Å². The second-order valence-corrected chi connectivity index (χ2v) is 4.95. The zero-order valence-corrected chi connectivity index (χ0v) is 13.1. The molecule has 22 heavy (non-hydrogen) atoms. The fourth-order valence-electron chi connectivity index (χ4n) is 1.85. The number of ether oxygens (including phenoxy) is 1. The van der Waals surface area contributed by atoms with Crippen LogP contribution in [0.5, 0.6) is 0 Å². The molecule has 0 fully saturated rings. The lowest BCUT2D eigenvalue weighted by Crippen LogP contribution is -2.06. The van der Waals surface area contributed by atoms with Gasteiger partial charge in [0, 0.05) is 18.2 Å². The first-order valence-corrected chi connectivity index (χ1v) is 7.47. The Labute approximate surface area is 134 Å². The van der Waals surface area contributed by atoms with Crippen molar-refractivity contribution in [1.29, 1.82) is 0 Å². The number of halogens is 1. The van der Waals surface area contributed by atoms with Gasteiger partial charge < -0.3 is 4.74 Å². The molecule has 114 valence electrons. The Bertz CT molecular complexity index is 657. The second-order valence-electron chi connectivity index (χ2n) is 4.59. The van der Waals surface area contributed by atoms with Gasteiger partial charge in [-0.2, -0.15) is 0 Å². The van der Waals surface area contributed by atoms with Crippen molar-refractivity contribution < 1.29 is 9.53 Å². The van der Waals surface area contributed by atoms with Gasteiger partial charge in [0.2, 0.25) is 0 Å². The summed E-state index contributed by atoms with van der Waals surface area (Å²) in [6.45, 7) is 2.16. The zero-order chi connectivity index (χ0) is 15.8. The largest absolute Gasteiger partial charge is 0.466 e. The van der Waals surface area contributed by atoms with E-state index in [1.807, 2.05) is 36.4 Å². The number of carbonyl (C=O) groups is 1. The highest BCUT2D eigenvalue weighted by atomic mass is 35.5. The topological polar surface area (TPSA) is 52.1 Å². The van der Waals surface area contributed by atoms with Crippen molar-refractivity contribution in [3.05, 3.63) is 58.6 Å². The molecule has 0 aliphatic rings. The van der Waals surface area contributed by atoms with E-state index < -0.39 is 0 Å². The van der Waals surface area contributed by atoms with Crippen molar-refractivity contribution >= 4 is 29.7 Å². The first-order valence-electron chi connectivity index (χ1n) is 7.09. The Morgan fingerprint density at radius 1 is 1.27 bits per heavy atom. The third-order valence-electron chi connectivity index (χ3n) is 2.96. The summed E-state index contributed by atoms with van der Waals surface area (Å²) in [5.41, 5.74) is 1.81. The molecule has 0 aliphatic carbocycles. The number of aryl methyl sites for hydroxylation is 1. The molecule has 0 atom stereocenters. The van der Waals surface area contributed by atoms with Gasteiger partial charge in [0.1, 0.15) is 5.15 Å². The normalized spacial score (nSPS) is 10.8. The zero-order valence-electron chi connectivity index (χ0n) is 12.3. The summed E-state index contributed by atoms with van der Waals surface area (Å²) in [5, 5.41) is 0.368. The maximum absolute atomic E-state index is 11.3. The highest BCUT2D eigenvalue weighted by Gasteiger charge is 2.07. The summed E-state index contributed by atoms with van der Waals surface area (Å²) in [4.78, 5) is 19.8. The number of benzene rings is 1. The van der Waals surface area contributed by atoms with Crippen LogP contribution in [-0.2, 0) is 16.0 Å². The predicted octanol–water partition coefficient (Wildman–Crippen LogP) is 3.80. The van der Waals surface area contributed by atoms with Gasteiger partial charge in [-0.1, -0.05) is 48.0 Å². The summed E-state index contributed by atoms with van der Waals surface area (Å²) in [6, 6.07) is 9.87. The van der Waals surface area contributed by atoms with Crippen LogP contribution in [0.4, 0.5) is 0 Å². The number of hydrogen-bond acceptors (Lipinski definition) is 4. The molecule has 2 aromatic rings. The molecule has 1 heterocycles. The monoisotopic (exact) mass is 316 g/mol. The number of hydrogen-bond donors (Lipinski definition) is 0. The van der Waals surface area contributed by atoms with Crippen molar-refractivity contribution in [3.63, 3.8) is 0 Å². The van der Waals surface area contributed by atoms with E-state index in [0.717, 1.165) is 11.1 Å². The molecule has 0 saturated heterocycles. The number of esters is 1. The molecule has 1 aromatic carbocycles. The van der Waals surface area contributed by atoms with Gasteiger partial charge in [0.25, 0.3) is 0 Å². The lowest BCUT2D eigenvalue weighted by molar-refractivity contribution is -0.143. The average molecular weight is 317 g/mol. The number of nitrogens with zero attached hydrogens (tertiary/aromatic N) is 2. The Morgan fingerprint density at radius 2 is 2.05 bits per heavy atom. The quantitative estimate of drug-likeness (QED) is 0.601. The van der Waals surface area contributed by atoms with Crippen molar-refractivity contribution in [3.8, 4) is 0 Å². The molecule has 0 aliphatic heterocycles. The fraction of sp³-hybridized carbons (Fsp3) is 0.235. The molecule has 0 amide bonds. The molecule has 0 radical (unpaired) electrons. The van der Waals surface area contributed by atoms with Gasteiger partial charge in [-0.3, -0.25) is 4.79 Å². The molecule has 2 rings (SSSR count). The van der Waals surface area contributed by atoms with E-state index in [-0.39, 0.29) is 12.4 Å². The minimum absolute atomic E-state index is 0.244. The summed E-state index contributed by atoms with van der Waals surface area (Å²) < 4.78 is 4.88. The Balaban J connectivity index is 2.00. The van der Waals surface area contributed by atoms with Crippen LogP contribution in [0.15, 0.2) is 36.5 Å². The van der Waals surface area contributed by atoms with Gasteiger partial charge in [-0.05, 0) is 25.0 Å². The highest BCUT2D eigenvalue weighted by Crippen LogP contribution is 2.15. The first kappa shape index (κ1) is 16.2. The van der Waals surface area contributed by atoms with E-state index >= 15 is 0 Å². The smallest absolute Gasteiger partial charge is 0.306 e. The van der Waals surface area contributed by atoms with Crippen LogP contribution < -0.4 is 0 Å². The highest BCUT2D eigenvalue weighted by molar-refractivity contribution is 6.30. The molecular weight excluding hydrogens is 300 g/mol. The maximum Gasteiger partial charge on any atom is 0.306 e. The Kier molecular flexibility index (Phi) is 6.10. The molecule has 0 saturated carbocycles. The van der Waals surface area contributed by atoms with E-state index in [9.17, 15) is 4.79 Å². The van der Waals surface area contributed by atoms with E-state index in [1.165, 1.54) is 0 Å². The molecule has 0 bridgehead atoms. The van der Waals surface area contributed by atoms with Crippen molar-refractivity contribution in [2.24, 2.45) is 0 Å². The molecular formula is C17H17ClN2O2. The molecule has 0 spiro atoms.